The van der Waals surface area contributed by atoms with Crippen molar-refractivity contribution in [2.45, 2.75) is 96.7 Å². The van der Waals surface area contributed by atoms with Crippen LogP contribution >= 0.6 is 0 Å². The number of hydrogen-bond donors (Lipinski definition) is 0. The first-order valence-corrected chi connectivity index (χ1v) is 13.6. The predicted octanol–water partition coefficient (Wildman–Crippen LogP) is 6.94. The van der Waals surface area contributed by atoms with Gasteiger partial charge >= 0.3 is 0 Å². The molecule has 2 aromatic rings. The lowest BCUT2D eigenvalue weighted by molar-refractivity contribution is 0.262. The van der Waals surface area contributed by atoms with Gasteiger partial charge in [0.05, 0.1) is 13.2 Å². The van der Waals surface area contributed by atoms with Crippen molar-refractivity contribution in [2.75, 3.05) is 26.4 Å². The van der Waals surface area contributed by atoms with E-state index in [9.17, 15) is 0 Å². The maximum absolute atomic E-state index is 6.10. The van der Waals surface area contributed by atoms with Crippen molar-refractivity contribution in [3.8, 4) is 11.5 Å². The Bertz CT molecular complexity index is 947. The molecule has 0 amide bonds. The number of fused-ring (bicyclic) bond motifs is 4. The molecule has 35 heavy (non-hydrogen) atoms. The third-order valence-corrected chi connectivity index (χ3v) is 7.64. The van der Waals surface area contributed by atoms with E-state index in [0.717, 1.165) is 37.6 Å². The third-order valence-electron chi connectivity index (χ3n) is 7.64. The van der Waals surface area contributed by atoms with E-state index in [-0.39, 0.29) is 28.5 Å². The quantitative estimate of drug-likeness (QED) is 0.420. The summed E-state index contributed by atoms with van der Waals surface area (Å²) in [4.78, 5) is 0. The monoisotopic (exact) mass is 480 g/mol. The molecule has 0 bridgehead atoms. The SMILES string of the molecule is CC.CC.CC1(C)CC2(CC(C)(C)c3ccc(OCC4CO4)cc32)c2cc(OCC3CO3)ccc21. The molecular formula is C31H44O4. The van der Waals surface area contributed by atoms with Gasteiger partial charge in [0.1, 0.15) is 36.9 Å². The van der Waals surface area contributed by atoms with Crippen LogP contribution in [0.2, 0.25) is 0 Å². The molecule has 2 atom stereocenters. The average Bonchev–Trinajstić information content (AvgIpc) is 3.78. The van der Waals surface area contributed by atoms with Crippen LogP contribution in [-0.2, 0) is 25.7 Å². The van der Waals surface area contributed by atoms with Gasteiger partial charge in [-0.25, -0.2) is 0 Å². The first kappa shape index (κ1) is 26.0. The van der Waals surface area contributed by atoms with E-state index in [1.807, 2.05) is 27.7 Å². The Labute approximate surface area is 212 Å². The van der Waals surface area contributed by atoms with Crippen LogP contribution in [0.15, 0.2) is 36.4 Å². The summed E-state index contributed by atoms with van der Waals surface area (Å²) in [6.45, 7) is 20.4. The van der Waals surface area contributed by atoms with Gasteiger partial charge in [0.2, 0.25) is 0 Å². The first-order chi connectivity index (χ1) is 16.8. The molecule has 0 N–H and O–H groups in total. The number of benzene rings is 2. The van der Waals surface area contributed by atoms with E-state index in [4.69, 9.17) is 18.9 Å². The Morgan fingerprint density at radius 1 is 0.657 bits per heavy atom. The summed E-state index contributed by atoms with van der Waals surface area (Å²) < 4.78 is 22.9. The van der Waals surface area contributed by atoms with Gasteiger partial charge < -0.3 is 18.9 Å². The zero-order valence-electron chi connectivity index (χ0n) is 23.0. The van der Waals surface area contributed by atoms with Gasteiger partial charge in [-0.1, -0.05) is 67.5 Å². The standard InChI is InChI=1S/C27H32O4.2C2H6/c1-25(2)15-27(23-9-17(5-7-21(23)25)28-11-19-13-30-19)16-26(3,4)22-8-6-18(10-24(22)27)29-12-20-14-31-20;2*1-2/h5-10,19-20H,11-16H2,1-4H3;2*1-2H3. The maximum Gasteiger partial charge on any atom is 0.119 e. The molecule has 192 valence electrons. The maximum atomic E-state index is 6.10. The van der Waals surface area contributed by atoms with Crippen LogP contribution in [0.4, 0.5) is 0 Å². The minimum absolute atomic E-state index is 0.0113. The van der Waals surface area contributed by atoms with E-state index < -0.39 is 0 Å². The molecule has 4 nitrogen and oxygen atoms in total. The lowest BCUT2D eigenvalue weighted by atomic mass is 9.72. The molecular weight excluding hydrogens is 436 g/mol. The van der Waals surface area contributed by atoms with Gasteiger partial charge in [0.15, 0.2) is 0 Å². The van der Waals surface area contributed by atoms with Crippen molar-refractivity contribution in [1.82, 2.24) is 0 Å². The van der Waals surface area contributed by atoms with Crippen LogP contribution in [0.1, 0.15) is 90.5 Å². The van der Waals surface area contributed by atoms with Gasteiger partial charge in [-0.2, -0.15) is 0 Å². The normalized spacial score (nSPS) is 27.5. The summed E-state index contributed by atoms with van der Waals surface area (Å²) in [6, 6.07) is 13.5. The van der Waals surface area contributed by atoms with E-state index in [2.05, 4.69) is 64.1 Å². The second-order valence-electron chi connectivity index (χ2n) is 11.2. The van der Waals surface area contributed by atoms with Crippen LogP contribution < -0.4 is 9.47 Å². The van der Waals surface area contributed by atoms with Gasteiger partial charge in [0, 0.05) is 5.41 Å². The second kappa shape index (κ2) is 9.78. The van der Waals surface area contributed by atoms with E-state index in [0.29, 0.717) is 13.2 Å². The summed E-state index contributed by atoms with van der Waals surface area (Å²) in [6.07, 6.45) is 2.74. The molecule has 2 saturated heterocycles. The molecule has 1 spiro atoms. The number of ether oxygens (including phenoxy) is 4. The molecule has 4 aliphatic rings. The van der Waals surface area contributed by atoms with Gasteiger partial charge in [-0.3, -0.25) is 0 Å². The average molecular weight is 481 g/mol. The molecule has 2 aromatic carbocycles. The van der Waals surface area contributed by atoms with Crippen LogP contribution in [0.5, 0.6) is 11.5 Å². The van der Waals surface area contributed by atoms with Crippen molar-refractivity contribution in [2.24, 2.45) is 0 Å². The van der Waals surface area contributed by atoms with E-state index in [1.54, 1.807) is 0 Å². The highest BCUT2D eigenvalue weighted by Gasteiger charge is 2.56. The molecule has 2 fully saturated rings. The van der Waals surface area contributed by atoms with Crippen LogP contribution in [0.3, 0.4) is 0 Å². The van der Waals surface area contributed by atoms with Crippen molar-refractivity contribution in [1.29, 1.82) is 0 Å². The van der Waals surface area contributed by atoms with Crippen molar-refractivity contribution >= 4 is 0 Å². The lowest BCUT2D eigenvalue weighted by Crippen LogP contribution is -2.27. The first-order valence-electron chi connectivity index (χ1n) is 13.6. The fraction of sp³-hybridized carbons (Fsp3) is 0.613. The zero-order valence-corrected chi connectivity index (χ0v) is 23.0. The van der Waals surface area contributed by atoms with E-state index in [1.165, 1.54) is 22.3 Å². The highest BCUT2D eigenvalue weighted by Crippen LogP contribution is 2.63. The Balaban J connectivity index is 0.000000689. The van der Waals surface area contributed by atoms with E-state index >= 15 is 0 Å². The molecule has 2 aliphatic carbocycles. The smallest absolute Gasteiger partial charge is 0.119 e. The van der Waals surface area contributed by atoms with Gasteiger partial charge in [0.25, 0.3) is 0 Å². The fourth-order valence-electron chi connectivity index (χ4n) is 6.19. The highest BCUT2D eigenvalue weighted by molar-refractivity contribution is 5.61. The lowest BCUT2D eigenvalue weighted by Gasteiger charge is -2.30. The molecule has 2 heterocycles. The Kier molecular flexibility index (Phi) is 7.28. The number of hydrogen-bond acceptors (Lipinski definition) is 4. The van der Waals surface area contributed by atoms with Crippen molar-refractivity contribution < 1.29 is 18.9 Å². The number of epoxide rings is 2. The minimum Gasteiger partial charge on any atom is -0.491 e. The molecule has 2 aliphatic heterocycles. The third kappa shape index (κ3) is 4.97. The second-order valence-corrected chi connectivity index (χ2v) is 11.2. The van der Waals surface area contributed by atoms with Crippen molar-refractivity contribution in [3.63, 3.8) is 0 Å². The Hall–Kier alpha value is -2.04. The van der Waals surface area contributed by atoms with Gasteiger partial charge in [-0.05, 0) is 70.2 Å². The van der Waals surface area contributed by atoms with Crippen LogP contribution in [-0.4, -0.2) is 38.6 Å². The largest absolute Gasteiger partial charge is 0.491 e. The minimum atomic E-state index is -0.0113. The summed E-state index contributed by atoms with van der Waals surface area (Å²) in [5.74, 6) is 1.91. The molecule has 0 aromatic heterocycles. The summed E-state index contributed by atoms with van der Waals surface area (Å²) in [5.41, 5.74) is 5.98. The van der Waals surface area contributed by atoms with Crippen molar-refractivity contribution in [3.05, 3.63) is 58.7 Å². The number of rotatable bonds is 6. The zero-order chi connectivity index (χ0) is 25.4. The molecule has 6 rings (SSSR count). The fourth-order valence-corrected chi connectivity index (χ4v) is 6.19. The molecule has 0 radical (unpaired) electrons. The Morgan fingerprint density at radius 2 is 1.03 bits per heavy atom. The summed E-state index contributed by atoms with van der Waals surface area (Å²) in [7, 11) is 0. The molecule has 2 unspecified atom stereocenters. The van der Waals surface area contributed by atoms with Crippen LogP contribution in [0, 0.1) is 0 Å². The molecule has 0 saturated carbocycles. The van der Waals surface area contributed by atoms with Crippen LogP contribution in [0.25, 0.3) is 0 Å². The topological polar surface area (TPSA) is 43.5 Å². The summed E-state index contributed by atoms with van der Waals surface area (Å²) in [5, 5.41) is 0. The predicted molar refractivity (Wildman–Crippen MR) is 142 cm³/mol. The van der Waals surface area contributed by atoms with Gasteiger partial charge in [-0.15, -0.1) is 0 Å². The molecule has 4 heteroatoms. The highest BCUT2D eigenvalue weighted by atomic mass is 16.6. The summed E-state index contributed by atoms with van der Waals surface area (Å²) >= 11 is 0. The Morgan fingerprint density at radius 3 is 1.37 bits per heavy atom.